The van der Waals surface area contributed by atoms with Crippen molar-refractivity contribution in [1.82, 2.24) is 0 Å². The molecule has 0 rings (SSSR count). The molecule has 16 nitrogen and oxygen atoms in total. The number of aliphatic hydroxyl groups excluding tert-OH is 2. The van der Waals surface area contributed by atoms with Gasteiger partial charge in [-0.3, -0.25) is 32.5 Å². The zero-order valence-electron chi connectivity index (χ0n) is 58.5. The number of esters is 3. The Bertz CT molecular complexity index is 2360. The van der Waals surface area contributed by atoms with Crippen LogP contribution in [0.5, 0.6) is 0 Å². The first kappa shape index (κ1) is 90.2. The number of phosphoric acid groups is 2. The number of unbranched alkanes of at least 4 members (excludes halogenated alkanes) is 17. The Kier molecular flexibility index (Phi) is 65.6. The minimum absolute atomic E-state index is 0.0796. The van der Waals surface area contributed by atoms with E-state index in [2.05, 4.69) is 179 Å². The van der Waals surface area contributed by atoms with Gasteiger partial charge in [-0.05, 0) is 141 Å². The number of carbonyl (C=O) groups excluding carboxylic acids is 3. The van der Waals surface area contributed by atoms with Crippen LogP contribution in [0.4, 0.5) is 0 Å². The molecule has 95 heavy (non-hydrogen) atoms. The standard InChI is InChI=1S/C77H126O16P2/c1-4-7-10-13-16-19-22-25-27-29-31-33-35-37-39-41-43-46-48-51-54-57-60-63-75(80)87-66-72(78)67-89-94(83,84)90-68-73(79)69-91-95(85,86)92-71-74(93-77(82)65-62-59-56-53-50-45-24-21-18-15-12-9-6-3)70-88-76(81)64-61-58-55-52-49-47-44-42-40-38-36-34-32-30-28-26-23-20-17-14-11-8-5-2/h7-8,10-12,15-17,19-21,24-28,31-34,37-40,43,46,72-74,78-79H,4-6,9,13-14,18,22-23,29-30,35-36,41-42,44-45,47-71H2,1-3H3,(H,83,84)(H,85,86)/b10-7-,11-8-,15-12-,19-16-,20-17-,24-21-,27-25-,28-26-,33-31-,34-32-,39-37-,40-38-,46-43-. The van der Waals surface area contributed by atoms with Gasteiger partial charge in [0.2, 0.25) is 0 Å². The van der Waals surface area contributed by atoms with E-state index < -0.39 is 91.5 Å². The average Bonchev–Trinajstić information content (AvgIpc) is 1.91. The van der Waals surface area contributed by atoms with E-state index in [0.29, 0.717) is 19.3 Å². The molecule has 0 saturated heterocycles. The van der Waals surface area contributed by atoms with Gasteiger partial charge in [-0.15, -0.1) is 0 Å². The molecular weight excluding hydrogens is 1240 g/mol. The maximum Gasteiger partial charge on any atom is 0.472 e. The number of rotatable bonds is 66. The van der Waals surface area contributed by atoms with Crippen molar-refractivity contribution in [2.75, 3.05) is 39.6 Å². The summed E-state index contributed by atoms with van der Waals surface area (Å²) in [6.45, 7) is 2.29. The number of ether oxygens (including phenoxy) is 3. The maximum absolute atomic E-state index is 12.9. The van der Waals surface area contributed by atoms with Gasteiger partial charge < -0.3 is 34.2 Å². The Hall–Kier alpha value is -4.83. The molecule has 0 aromatic rings. The first-order chi connectivity index (χ1) is 46.2. The Morgan fingerprint density at radius 1 is 0.305 bits per heavy atom. The molecule has 0 heterocycles. The zero-order chi connectivity index (χ0) is 69.5. The highest BCUT2D eigenvalue weighted by Gasteiger charge is 2.29. The second kappa shape index (κ2) is 69.1. The van der Waals surface area contributed by atoms with Gasteiger partial charge in [-0.2, -0.15) is 0 Å². The van der Waals surface area contributed by atoms with Gasteiger partial charge in [-0.25, -0.2) is 9.13 Å². The van der Waals surface area contributed by atoms with E-state index in [4.69, 9.17) is 32.3 Å². The minimum atomic E-state index is -4.94. The lowest BCUT2D eigenvalue weighted by Crippen LogP contribution is -2.30. The van der Waals surface area contributed by atoms with Crippen LogP contribution >= 0.6 is 15.6 Å². The molecule has 0 aliphatic rings. The van der Waals surface area contributed by atoms with E-state index in [1.165, 1.54) is 0 Å². The average molecular weight is 1370 g/mol. The summed E-state index contributed by atoms with van der Waals surface area (Å²) in [6, 6.07) is 0. The highest BCUT2D eigenvalue weighted by Crippen LogP contribution is 2.45. The molecule has 18 heteroatoms. The minimum Gasteiger partial charge on any atom is -0.463 e. The van der Waals surface area contributed by atoms with E-state index in [1.807, 2.05) is 0 Å². The number of aliphatic hydroxyl groups is 2. The first-order valence-electron chi connectivity index (χ1n) is 35.8. The molecule has 4 N–H and O–H groups in total. The van der Waals surface area contributed by atoms with Crippen LogP contribution in [0.3, 0.4) is 0 Å². The molecule has 5 atom stereocenters. The van der Waals surface area contributed by atoms with E-state index >= 15 is 0 Å². The summed E-state index contributed by atoms with van der Waals surface area (Å²) in [5, 5.41) is 20.6. The van der Waals surface area contributed by atoms with Crippen molar-refractivity contribution in [2.24, 2.45) is 0 Å². The lowest BCUT2D eigenvalue weighted by atomic mass is 10.1. The molecule has 5 unspecified atom stereocenters. The lowest BCUT2D eigenvalue weighted by Gasteiger charge is -2.21. The molecule has 0 fully saturated rings. The molecule has 540 valence electrons. The number of hydrogen-bond acceptors (Lipinski definition) is 14. The quantitative estimate of drug-likeness (QED) is 0.0146. The van der Waals surface area contributed by atoms with Crippen molar-refractivity contribution in [3.05, 3.63) is 158 Å². The van der Waals surface area contributed by atoms with Crippen molar-refractivity contribution >= 4 is 33.6 Å². The third kappa shape index (κ3) is 70.3. The van der Waals surface area contributed by atoms with Gasteiger partial charge in [0.1, 0.15) is 25.4 Å². The smallest absolute Gasteiger partial charge is 0.463 e. The van der Waals surface area contributed by atoms with Crippen LogP contribution in [0.2, 0.25) is 0 Å². The monoisotopic (exact) mass is 1370 g/mol. The van der Waals surface area contributed by atoms with Crippen LogP contribution in [0.15, 0.2) is 158 Å². The molecule has 0 amide bonds. The lowest BCUT2D eigenvalue weighted by molar-refractivity contribution is -0.161. The maximum atomic E-state index is 12.9. The SMILES string of the molecule is CC/C=C\C/C=C\C/C=C\C/C=C\C/C=C\C/C=C\CCCCCCC(=O)OCC(O)COP(=O)(O)OCC(O)COP(=O)(O)OCC(COC(=O)CCCCCCCCC/C=C\C/C=C\C/C=C\C/C=C\C/C=C\CC)OC(=O)CCCCCCC/C=C\C/C=C\CCC. The number of carbonyl (C=O) groups is 3. The Morgan fingerprint density at radius 3 is 0.884 bits per heavy atom. The largest absolute Gasteiger partial charge is 0.472 e. The van der Waals surface area contributed by atoms with Crippen LogP contribution in [-0.4, -0.2) is 95.9 Å². The van der Waals surface area contributed by atoms with E-state index in [1.54, 1.807) is 0 Å². The van der Waals surface area contributed by atoms with Gasteiger partial charge in [0.25, 0.3) is 0 Å². The third-order valence-corrected chi connectivity index (χ3v) is 16.1. The topological polar surface area (TPSA) is 231 Å². The van der Waals surface area contributed by atoms with Crippen molar-refractivity contribution in [3.8, 4) is 0 Å². The summed E-state index contributed by atoms with van der Waals surface area (Å²) in [4.78, 5) is 58.5. The summed E-state index contributed by atoms with van der Waals surface area (Å²) in [6.07, 6.45) is 84.3. The van der Waals surface area contributed by atoms with E-state index in [-0.39, 0.29) is 19.3 Å². The summed E-state index contributed by atoms with van der Waals surface area (Å²) in [5.41, 5.74) is 0. The van der Waals surface area contributed by atoms with Crippen LogP contribution in [-0.2, 0) is 55.8 Å². The first-order valence-corrected chi connectivity index (χ1v) is 38.8. The van der Waals surface area contributed by atoms with Crippen molar-refractivity contribution < 1.29 is 75.8 Å². The van der Waals surface area contributed by atoms with Gasteiger partial charge in [0.05, 0.1) is 26.4 Å². The van der Waals surface area contributed by atoms with Gasteiger partial charge in [0, 0.05) is 19.3 Å². The Balaban J connectivity index is 4.66. The molecule has 0 aromatic heterocycles. The number of hydrogen-bond donors (Lipinski definition) is 4. The fourth-order valence-corrected chi connectivity index (χ4v) is 10.4. The highest BCUT2D eigenvalue weighted by atomic mass is 31.2. The molecular formula is C77H126O16P2. The van der Waals surface area contributed by atoms with Crippen LogP contribution in [0, 0.1) is 0 Å². The Labute approximate surface area is 574 Å². The van der Waals surface area contributed by atoms with Crippen LogP contribution < -0.4 is 0 Å². The molecule has 0 spiro atoms. The predicted molar refractivity (Wildman–Crippen MR) is 389 cm³/mol. The number of allylic oxidation sites excluding steroid dienone is 26. The van der Waals surface area contributed by atoms with Crippen molar-refractivity contribution in [3.63, 3.8) is 0 Å². The molecule has 0 aliphatic carbocycles. The fourth-order valence-electron chi connectivity index (χ4n) is 8.81. The second-order valence-corrected chi connectivity index (χ2v) is 26.2. The fraction of sp³-hybridized carbons (Fsp3) is 0.623. The summed E-state index contributed by atoms with van der Waals surface area (Å²) >= 11 is 0. The molecule has 0 bridgehead atoms. The zero-order valence-corrected chi connectivity index (χ0v) is 60.3. The molecule has 0 radical (unpaired) electrons. The highest BCUT2D eigenvalue weighted by molar-refractivity contribution is 7.47. The number of phosphoric ester groups is 2. The van der Waals surface area contributed by atoms with Crippen molar-refractivity contribution in [2.45, 2.75) is 270 Å². The van der Waals surface area contributed by atoms with Crippen LogP contribution in [0.25, 0.3) is 0 Å². The van der Waals surface area contributed by atoms with Gasteiger partial charge in [0.15, 0.2) is 6.10 Å². The molecule has 0 aliphatic heterocycles. The Morgan fingerprint density at radius 2 is 0.558 bits per heavy atom. The van der Waals surface area contributed by atoms with Gasteiger partial charge >= 0.3 is 33.6 Å². The second-order valence-electron chi connectivity index (χ2n) is 23.3. The molecule has 0 aromatic carbocycles. The predicted octanol–water partition coefficient (Wildman–Crippen LogP) is 20.3. The third-order valence-electron chi connectivity index (χ3n) is 14.2. The van der Waals surface area contributed by atoms with Crippen LogP contribution in [0.1, 0.15) is 252 Å². The summed E-state index contributed by atoms with van der Waals surface area (Å²) in [7, 11) is -9.81. The molecule has 0 saturated carbocycles. The van der Waals surface area contributed by atoms with E-state index in [9.17, 15) is 43.5 Å². The summed E-state index contributed by atoms with van der Waals surface area (Å²) < 4.78 is 60.9. The normalized spacial score (nSPS) is 15.1. The summed E-state index contributed by atoms with van der Waals surface area (Å²) in [5.74, 6) is -1.64. The van der Waals surface area contributed by atoms with Crippen molar-refractivity contribution in [1.29, 1.82) is 0 Å². The van der Waals surface area contributed by atoms with Gasteiger partial charge in [-0.1, -0.05) is 249 Å². The van der Waals surface area contributed by atoms with E-state index in [0.717, 1.165) is 193 Å².